The minimum atomic E-state index is -4.47. The Kier molecular flexibility index (Phi) is 7.71. The van der Waals surface area contributed by atoms with Gasteiger partial charge in [0.2, 0.25) is 0 Å². The number of benzene rings is 1. The van der Waals surface area contributed by atoms with Gasteiger partial charge >= 0.3 is 6.18 Å². The second-order valence-electron chi connectivity index (χ2n) is 5.42. The van der Waals surface area contributed by atoms with Crippen LogP contribution in [0.3, 0.4) is 0 Å². The first-order valence-electron chi connectivity index (χ1n) is 7.36. The number of aryl methyl sites for hydroxylation is 1. The second-order valence-corrected chi connectivity index (χ2v) is 5.42. The van der Waals surface area contributed by atoms with Gasteiger partial charge in [0.1, 0.15) is 0 Å². The molecule has 0 saturated carbocycles. The summed E-state index contributed by atoms with van der Waals surface area (Å²) < 4.78 is 40.1. The summed E-state index contributed by atoms with van der Waals surface area (Å²) >= 11 is 0. The maximum Gasteiger partial charge on any atom is 0.435 e. The summed E-state index contributed by atoms with van der Waals surface area (Å²) in [6, 6.07) is 9.76. The summed E-state index contributed by atoms with van der Waals surface area (Å²) in [6.45, 7) is 0.591. The number of nitrogens with one attached hydrogen (secondary N) is 1. The molecule has 0 atom stereocenters. The van der Waals surface area contributed by atoms with Crippen molar-refractivity contribution in [3.63, 3.8) is 0 Å². The molecule has 1 aromatic heterocycles. The fourth-order valence-corrected chi connectivity index (χ4v) is 2.40. The van der Waals surface area contributed by atoms with Crippen LogP contribution in [-0.2, 0) is 26.3 Å². The smallest absolute Gasteiger partial charge is 0.352 e. The maximum absolute atomic E-state index is 13.0. The van der Waals surface area contributed by atoms with Crippen LogP contribution in [0.4, 0.5) is 13.2 Å². The average Bonchev–Trinajstić information content (AvgIpc) is 2.90. The molecule has 1 N–H and O–H groups in total. The van der Waals surface area contributed by atoms with E-state index in [1.165, 1.54) is 13.2 Å². The molecule has 0 aliphatic carbocycles. The third-order valence-corrected chi connectivity index (χ3v) is 3.45. The van der Waals surface area contributed by atoms with Crippen LogP contribution in [0, 0.1) is 0 Å². The van der Waals surface area contributed by atoms with Crippen molar-refractivity contribution in [1.82, 2.24) is 20.0 Å². The number of hydrogen-bond donors (Lipinski definition) is 1. The molecule has 0 saturated heterocycles. The van der Waals surface area contributed by atoms with Gasteiger partial charge < -0.3 is 10.2 Å². The lowest BCUT2D eigenvalue weighted by molar-refractivity contribution is -0.142. The normalized spacial score (nSPS) is 11.8. The van der Waals surface area contributed by atoms with Crippen LogP contribution in [0.5, 0.6) is 0 Å². The first-order chi connectivity index (χ1) is 11.3. The molecule has 9 heteroatoms. The highest BCUT2D eigenvalue weighted by atomic mass is 127. The van der Waals surface area contributed by atoms with Gasteiger partial charge in [-0.3, -0.25) is 9.67 Å². The number of halogens is 4. The number of aromatic nitrogens is 2. The maximum atomic E-state index is 13.0. The molecular weight excluding hydrogens is 446 g/mol. The van der Waals surface area contributed by atoms with Crippen LogP contribution >= 0.6 is 24.0 Å². The van der Waals surface area contributed by atoms with E-state index < -0.39 is 11.9 Å². The van der Waals surface area contributed by atoms with Gasteiger partial charge in [0.25, 0.3) is 0 Å². The van der Waals surface area contributed by atoms with Crippen molar-refractivity contribution in [2.75, 3.05) is 14.1 Å². The van der Waals surface area contributed by atoms with E-state index in [9.17, 15) is 13.2 Å². The summed E-state index contributed by atoms with van der Waals surface area (Å²) in [5.74, 6) is 0.510. The predicted octanol–water partition coefficient (Wildman–Crippen LogP) is 3.26. The molecule has 1 aromatic carbocycles. The van der Waals surface area contributed by atoms with Gasteiger partial charge in [0.15, 0.2) is 11.7 Å². The first kappa shape index (κ1) is 21.3. The van der Waals surface area contributed by atoms with Crippen molar-refractivity contribution >= 4 is 29.9 Å². The van der Waals surface area contributed by atoms with E-state index in [4.69, 9.17) is 0 Å². The number of aliphatic imine (C=N–C) groups is 1. The Morgan fingerprint density at radius 2 is 1.92 bits per heavy atom. The predicted molar refractivity (Wildman–Crippen MR) is 102 cm³/mol. The molecule has 1 heterocycles. The van der Waals surface area contributed by atoms with E-state index in [2.05, 4.69) is 15.4 Å². The van der Waals surface area contributed by atoms with Gasteiger partial charge in [-0.2, -0.15) is 18.3 Å². The van der Waals surface area contributed by atoms with Crippen molar-refractivity contribution < 1.29 is 13.2 Å². The minimum Gasteiger partial charge on any atom is -0.352 e. The monoisotopic (exact) mass is 467 g/mol. The Balaban J connectivity index is 0.00000312. The van der Waals surface area contributed by atoms with Crippen molar-refractivity contribution in [2.45, 2.75) is 19.3 Å². The molecule has 0 aliphatic heterocycles. The number of alkyl halides is 3. The van der Waals surface area contributed by atoms with Gasteiger partial charge in [-0.05, 0) is 5.56 Å². The largest absolute Gasteiger partial charge is 0.435 e. The zero-order chi connectivity index (χ0) is 17.7. The Bertz CT molecular complexity index is 698. The highest BCUT2D eigenvalue weighted by molar-refractivity contribution is 14.0. The summed E-state index contributed by atoms with van der Waals surface area (Å²) in [5, 5.41) is 6.45. The van der Waals surface area contributed by atoms with E-state index >= 15 is 0 Å². The van der Waals surface area contributed by atoms with Crippen LogP contribution < -0.4 is 5.32 Å². The van der Waals surface area contributed by atoms with Crippen molar-refractivity contribution in [2.24, 2.45) is 12.0 Å². The molecule has 0 aliphatic rings. The molecule has 5 nitrogen and oxygen atoms in total. The third kappa shape index (κ3) is 5.91. The summed E-state index contributed by atoms with van der Waals surface area (Å²) in [7, 11) is 4.89. The van der Waals surface area contributed by atoms with Gasteiger partial charge in [-0.25, -0.2) is 0 Å². The highest BCUT2D eigenvalue weighted by Gasteiger charge is 2.36. The molecule has 0 fully saturated rings. The number of rotatable bonds is 4. The van der Waals surface area contributed by atoms with Crippen molar-refractivity contribution in [1.29, 1.82) is 0 Å². The van der Waals surface area contributed by atoms with Gasteiger partial charge in [-0.15, -0.1) is 24.0 Å². The van der Waals surface area contributed by atoms with E-state index in [-0.39, 0.29) is 36.1 Å². The second kappa shape index (κ2) is 9.07. The Morgan fingerprint density at radius 3 is 2.48 bits per heavy atom. The van der Waals surface area contributed by atoms with Gasteiger partial charge in [0.05, 0.1) is 0 Å². The summed E-state index contributed by atoms with van der Waals surface area (Å²) in [4.78, 5) is 5.97. The highest BCUT2D eigenvalue weighted by Crippen LogP contribution is 2.30. The van der Waals surface area contributed by atoms with E-state index in [0.29, 0.717) is 12.5 Å². The lowest BCUT2D eigenvalue weighted by atomic mass is 10.2. The molecule has 0 spiro atoms. The number of hydrogen-bond acceptors (Lipinski definition) is 2. The molecular formula is C16H21F3IN5. The molecule has 138 valence electrons. The SMILES string of the molecule is CN=C(NCc1cn(C)nc1C(F)(F)F)N(C)Cc1ccccc1.I. The van der Waals surface area contributed by atoms with Crippen LogP contribution in [0.25, 0.3) is 0 Å². The van der Waals surface area contributed by atoms with Crippen LogP contribution in [0.1, 0.15) is 16.8 Å². The topological polar surface area (TPSA) is 45.5 Å². The van der Waals surface area contributed by atoms with Crippen LogP contribution in [0.2, 0.25) is 0 Å². The summed E-state index contributed by atoms with van der Waals surface area (Å²) in [5.41, 5.74) is 0.290. The Morgan fingerprint density at radius 1 is 1.28 bits per heavy atom. The van der Waals surface area contributed by atoms with Crippen molar-refractivity contribution in [3.05, 3.63) is 53.3 Å². The third-order valence-electron chi connectivity index (χ3n) is 3.45. The zero-order valence-corrected chi connectivity index (χ0v) is 16.5. The fourth-order valence-electron chi connectivity index (χ4n) is 2.40. The zero-order valence-electron chi connectivity index (χ0n) is 14.2. The minimum absolute atomic E-state index is 0. The fraction of sp³-hybridized carbons (Fsp3) is 0.375. The van der Waals surface area contributed by atoms with Crippen LogP contribution in [0.15, 0.2) is 41.5 Å². The van der Waals surface area contributed by atoms with Gasteiger partial charge in [-0.1, -0.05) is 30.3 Å². The average molecular weight is 467 g/mol. The number of guanidine groups is 1. The lowest BCUT2D eigenvalue weighted by Crippen LogP contribution is -2.38. The molecule has 0 radical (unpaired) electrons. The molecule has 2 aromatic rings. The molecule has 0 amide bonds. The van der Waals surface area contributed by atoms with E-state index in [1.54, 1.807) is 7.05 Å². The van der Waals surface area contributed by atoms with Crippen molar-refractivity contribution in [3.8, 4) is 0 Å². The molecule has 0 bridgehead atoms. The lowest BCUT2D eigenvalue weighted by Gasteiger charge is -2.22. The first-order valence-corrected chi connectivity index (χ1v) is 7.36. The Hall–Kier alpha value is -1.78. The summed E-state index contributed by atoms with van der Waals surface area (Å²) in [6.07, 6.45) is -3.11. The van der Waals surface area contributed by atoms with Crippen LogP contribution in [-0.4, -0.2) is 34.7 Å². The van der Waals surface area contributed by atoms with E-state index in [1.807, 2.05) is 42.3 Å². The molecule has 25 heavy (non-hydrogen) atoms. The molecule has 2 rings (SSSR count). The number of nitrogens with zero attached hydrogens (tertiary/aromatic N) is 4. The van der Waals surface area contributed by atoms with Gasteiger partial charge in [0, 0.05) is 46.0 Å². The van der Waals surface area contributed by atoms with E-state index in [0.717, 1.165) is 10.2 Å². The molecule has 0 unspecified atom stereocenters. The standard InChI is InChI=1S/C16H20F3N5.HI/c1-20-15(23(2)10-12-7-5-4-6-8-12)21-9-13-11-24(3)22-14(13)16(17,18)19;/h4-8,11H,9-10H2,1-3H3,(H,20,21);1H. The quantitative estimate of drug-likeness (QED) is 0.427. The Labute approximate surface area is 161 Å².